The van der Waals surface area contributed by atoms with E-state index in [1.54, 1.807) is 7.11 Å². The number of hydrogen-bond acceptors (Lipinski definition) is 7. The second-order valence-electron chi connectivity index (χ2n) is 13.3. The number of methoxy groups -OCH3 is 1. The zero-order valence-corrected chi connectivity index (χ0v) is 28.8. The molecule has 1 aliphatic heterocycles. The molecular weight excluding hydrogens is 592 g/mol. The van der Waals surface area contributed by atoms with Gasteiger partial charge in [0.15, 0.2) is 11.5 Å². The van der Waals surface area contributed by atoms with Crippen molar-refractivity contribution in [1.82, 2.24) is 0 Å². The smallest absolute Gasteiger partial charge is 0.165 e. The Hall–Kier alpha value is -3.88. The van der Waals surface area contributed by atoms with E-state index in [9.17, 15) is 5.11 Å². The summed E-state index contributed by atoms with van der Waals surface area (Å²) >= 11 is 0. The summed E-state index contributed by atoms with van der Waals surface area (Å²) in [4.78, 5) is 0. The van der Waals surface area contributed by atoms with Gasteiger partial charge in [0.25, 0.3) is 0 Å². The Bertz CT molecular complexity index is 1470. The van der Waals surface area contributed by atoms with Crippen LogP contribution < -0.4 is 18.9 Å². The molecule has 0 radical (unpaired) electrons. The van der Waals surface area contributed by atoms with E-state index in [0.717, 1.165) is 47.3 Å². The van der Waals surface area contributed by atoms with E-state index in [0.29, 0.717) is 50.1 Å². The Morgan fingerprint density at radius 1 is 0.915 bits per heavy atom. The Labute approximate surface area is 281 Å². The van der Waals surface area contributed by atoms with Crippen molar-refractivity contribution in [3.63, 3.8) is 0 Å². The van der Waals surface area contributed by atoms with Gasteiger partial charge in [0.2, 0.25) is 0 Å². The van der Waals surface area contributed by atoms with E-state index in [2.05, 4.69) is 64.7 Å². The van der Waals surface area contributed by atoms with E-state index in [1.165, 1.54) is 5.57 Å². The summed E-state index contributed by atoms with van der Waals surface area (Å²) in [6.07, 6.45) is 19.5. The number of aliphatic hydroxyl groups is 1. The standard InChI is InChI=1S/C40H50O7/c1-9-17-43-19-21-45-33-24-30(25-34(32(33)14-11-28(3)4)46-22-20-44-18-10-2)13-12-29-23-31-27-36-39(5,6)37(41)15-16-40(36,7)47-38(31)35(26-29)42-8/h1-2,11-13,23-26,36-37,41H,14-22,27H2,3-8H3/b13-12+/t36-,37-,40-/m1/s1. The maximum atomic E-state index is 10.9. The van der Waals surface area contributed by atoms with Crippen LogP contribution in [0.4, 0.5) is 0 Å². The third kappa shape index (κ3) is 8.93. The molecule has 4 rings (SSSR count). The number of aliphatic hydroxyl groups excluding tert-OH is 1. The van der Waals surface area contributed by atoms with Gasteiger partial charge in [0, 0.05) is 11.5 Å². The molecule has 0 unspecified atom stereocenters. The van der Waals surface area contributed by atoms with Crippen molar-refractivity contribution in [1.29, 1.82) is 0 Å². The van der Waals surface area contributed by atoms with Gasteiger partial charge in [-0.15, -0.1) is 12.8 Å². The monoisotopic (exact) mass is 642 g/mol. The average Bonchev–Trinajstić information content (AvgIpc) is 3.04. The molecule has 2 aliphatic rings. The summed E-state index contributed by atoms with van der Waals surface area (Å²) in [5.74, 6) is 8.05. The van der Waals surface area contributed by atoms with Crippen LogP contribution in [0.3, 0.4) is 0 Å². The molecule has 1 heterocycles. The van der Waals surface area contributed by atoms with Gasteiger partial charge in [-0.05, 0) is 92.8 Å². The number of hydrogen-bond donors (Lipinski definition) is 1. The Balaban J connectivity index is 1.68. The molecule has 1 aliphatic carbocycles. The van der Waals surface area contributed by atoms with Crippen LogP contribution in [0.5, 0.6) is 23.0 Å². The Kier molecular flexibility index (Phi) is 12.5. The molecule has 2 aromatic carbocycles. The molecule has 1 fully saturated rings. The van der Waals surface area contributed by atoms with E-state index < -0.39 is 0 Å². The number of allylic oxidation sites excluding steroid dienone is 2. The van der Waals surface area contributed by atoms with Gasteiger partial charge in [-0.2, -0.15) is 0 Å². The lowest BCUT2D eigenvalue weighted by molar-refractivity contribution is -0.138. The second kappa shape index (κ2) is 16.3. The van der Waals surface area contributed by atoms with E-state index in [-0.39, 0.29) is 36.3 Å². The minimum Gasteiger partial charge on any atom is -0.493 e. The predicted molar refractivity (Wildman–Crippen MR) is 187 cm³/mol. The zero-order chi connectivity index (χ0) is 34.0. The molecule has 252 valence electrons. The van der Waals surface area contributed by atoms with Crippen LogP contribution in [-0.4, -0.2) is 63.6 Å². The molecular formula is C40H50O7. The van der Waals surface area contributed by atoms with Gasteiger partial charge in [0.05, 0.1) is 26.4 Å². The summed E-state index contributed by atoms with van der Waals surface area (Å²) in [7, 11) is 1.68. The van der Waals surface area contributed by atoms with Gasteiger partial charge < -0.3 is 33.5 Å². The first-order chi connectivity index (χ1) is 22.5. The minimum absolute atomic E-state index is 0.164. The first-order valence-corrected chi connectivity index (χ1v) is 16.4. The van der Waals surface area contributed by atoms with E-state index in [1.807, 2.05) is 24.3 Å². The summed E-state index contributed by atoms with van der Waals surface area (Å²) in [6, 6.07) is 8.20. The topological polar surface area (TPSA) is 75.6 Å². The van der Waals surface area contributed by atoms with Crippen LogP contribution in [0.1, 0.15) is 69.7 Å². The van der Waals surface area contributed by atoms with Gasteiger partial charge in [0.1, 0.15) is 43.5 Å². The number of benzene rings is 2. The second-order valence-corrected chi connectivity index (χ2v) is 13.3. The summed E-state index contributed by atoms with van der Waals surface area (Å²) in [5.41, 5.74) is 4.45. The highest BCUT2D eigenvalue weighted by Crippen LogP contribution is 2.55. The highest BCUT2D eigenvalue weighted by atomic mass is 16.5. The molecule has 7 heteroatoms. The maximum Gasteiger partial charge on any atom is 0.165 e. The minimum atomic E-state index is -0.365. The first-order valence-electron chi connectivity index (χ1n) is 16.4. The van der Waals surface area contributed by atoms with Crippen LogP contribution in [0.25, 0.3) is 12.2 Å². The van der Waals surface area contributed by atoms with Crippen molar-refractivity contribution >= 4 is 12.2 Å². The van der Waals surface area contributed by atoms with Crippen LogP contribution >= 0.6 is 0 Å². The van der Waals surface area contributed by atoms with Crippen molar-refractivity contribution in [2.45, 2.75) is 72.0 Å². The van der Waals surface area contributed by atoms with E-state index >= 15 is 0 Å². The quantitative estimate of drug-likeness (QED) is 0.0978. The van der Waals surface area contributed by atoms with Crippen molar-refractivity contribution in [3.8, 4) is 47.7 Å². The molecule has 7 nitrogen and oxygen atoms in total. The van der Waals surface area contributed by atoms with Crippen LogP contribution in [0.2, 0.25) is 0 Å². The molecule has 1 saturated carbocycles. The SMILES string of the molecule is C#CCOCCOc1cc(/C=C/c2cc3c(c(OC)c2)O[C@]2(C)CC[C@@H](O)C(C)(C)[C@H]2C3)cc(OCCOCC#C)c1CC=C(C)C. The van der Waals surface area contributed by atoms with Crippen molar-refractivity contribution in [2.24, 2.45) is 11.3 Å². The maximum absolute atomic E-state index is 10.9. The summed E-state index contributed by atoms with van der Waals surface area (Å²) < 4.78 is 35.9. The van der Waals surface area contributed by atoms with Gasteiger partial charge in [-0.3, -0.25) is 0 Å². The number of terminal acetylenes is 2. The highest BCUT2D eigenvalue weighted by Gasteiger charge is 2.54. The van der Waals surface area contributed by atoms with Crippen molar-refractivity contribution in [3.05, 3.63) is 58.2 Å². The lowest BCUT2D eigenvalue weighted by atomic mass is 9.57. The highest BCUT2D eigenvalue weighted by molar-refractivity contribution is 5.74. The number of rotatable bonds is 15. The van der Waals surface area contributed by atoms with Gasteiger partial charge in [-0.25, -0.2) is 0 Å². The molecule has 0 aromatic heterocycles. The number of fused-ring (bicyclic) bond motifs is 2. The third-order valence-corrected chi connectivity index (χ3v) is 9.26. The molecule has 0 amide bonds. The fraction of sp³-hybridized carbons (Fsp3) is 0.500. The van der Waals surface area contributed by atoms with Gasteiger partial charge in [-0.1, -0.05) is 49.5 Å². The Morgan fingerprint density at radius 2 is 1.49 bits per heavy atom. The molecule has 47 heavy (non-hydrogen) atoms. The van der Waals surface area contributed by atoms with Crippen molar-refractivity contribution < 1.29 is 33.5 Å². The molecule has 1 N–H and O–H groups in total. The molecule has 0 bridgehead atoms. The lowest BCUT2D eigenvalue weighted by Crippen LogP contribution is -2.58. The van der Waals surface area contributed by atoms with Crippen LogP contribution in [-0.2, 0) is 22.3 Å². The van der Waals surface area contributed by atoms with Gasteiger partial charge >= 0.3 is 0 Å². The normalized spacial score (nSPS) is 21.0. The Morgan fingerprint density at radius 3 is 2.04 bits per heavy atom. The third-order valence-electron chi connectivity index (χ3n) is 9.26. The fourth-order valence-electron chi connectivity index (χ4n) is 6.62. The molecule has 2 aromatic rings. The molecule has 3 atom stereocenters. The largest absolute Gasteiger partial charge is 0.493 e. The number of ether oxygens (including phenoxy) is 6. The van der Waals surface area contributed by atoms with E-state index in [4.69, 9.17) is 41.3 Å². The summed E-state index contributed by atoms with van der Waals surface area (Å²) in [6.45, 7) is 12.5. The summed E-state index contributed by atoms with van der Waals surface area (Å²) in [5, 5.41) is 10.9. The predicted octanol–water partition coefficient (Wildman–Crippen LogP) is 6.92. The van der Waals surface area contributed by atoms with Crippen LogP contribution in [0, 0.1) is 36.0 Å². The van der Waals surface area contributed by atoms with Crippen LogP contribution in [0.15, 0.2) is 35.9 Å². The van der Waals surface area contributed by atoms with Crippen molar-refractivity contribution in [2.75, 3.05) is 46.8 Å². The molecule has 0 spiro atoms. The average molecular weight is 643 g/mol. The fourth-order valence-corrected chi connectivity index (χ4v) is 6.62. The zero-order valence-electron chi connectivity index (χ0n) is 28.8. The first kappa shape index (κ1) is 36.0. The lowest BCUT2D eigenvalue weighted by Gasteiger charge is -2.55. The molecule has 0 saturated heterocycles.